The smallest absolute Gasteiger partial charge is 0.0478 e. The van der Waals surface area contributed by atoms with Crippen LogP contribution in [0.1, 0.15) is 46.5 Å². The maximum atomic E-state index is 5.49. The van der Waals surface area contributed by atoms with Crippen LogP contribution in [0, 0.1) is 5.92 Å². The molecule has 2 atom stereocenters. The summed E-state index contributed by atoms with van der Waals surface area (Å²) in [6.07, 6.45) is 5.43. The van der Waals surface area contributed by atoms with Crippen molar-refractivity contribution < 1.29 is 4.74 Å². The number of piperidine rings is 1. The Morgan fingerprint density at radius 1 is 1.21 bits per heavy atom. The maximum Gasteiger partial charge on any atom is 0.0478 e. The van der Waals surface area contributed by atoms with Crippen LogP contribution >= 0.6 is 0 Å². The molecule has 2 unspecified atom stereocenters. The molecule has 3 nitrogen and oxygen atoms in total. The van der Waals surface area contributed by atoms with Gasteiger partial charge in [-0.1, -0.05) is 20.3 Å². The minimum Gasteiger partial charge on any atom is -0.382 e. The van der Waals surface area contributed by atoms with Crippen LogP contribution in [0.25, 0.3) is 0 Å². The molecule has 0 aromatic heterocycles. The van der Waals surface area contributed by atoms with Crippen molar-refractivity contribution in [2.75, 3.05) is 39.4 Å². The molecule has 0 amide bonds. The SMILES string of the molecule is CCOCCCN1CC2CCCCN2CC1C(C)C. The molecule has 0 aromatic carbocycles. The zero-order valence-corrected chi connectivity index (χ0v) is 13.1. The summed E-state index contributed by atoms with van der Waals surface area (Å²) in [6.45, 7) is 13.7. The van der Waals surface area contributed by atoms with Crippen LogP contribution in [0.15, 0.2) is 0 Å². The van der Waals surface area contributed by atoms with Crippen molar-refractivity contribution in [3.8, 4) is 0 Å². The third-order valence-electron chi connectivity index (χ3n) is 4.79. The second-order valence-corrected chi connectivity index (χ2v) is 6.50. The predicted molar refractivity (Wildman–Crippen MR) is 80.5 cm³/mol. The van der Waals surface area contributed by atoms with Gasteiger partial charge in [0, 0.05) is 44.9 Å². The molecule has 2 aliphatic rings. The van der Waals surface area contributed by atoms with Crippen LogP contribution in [-0.4, -0.2) is 61.3 Å². The highest BCUT2D eigenvalue weighted by molar-refractivity contribution is 4.91. The second-order valence-electron chi connectivity index (χ2n) is 6.50. The highest BCUT2D eigenvalue weighted by Crippen LogP contribution is 2.27. The van der Waals surface area contributed by atoms with Gasteiger partial charge < -0.3 is 4.74 Å². The standard InChI is InChI=1S/C16H32N2O/c1-4-19-11-7-10-18-12-15-8-5-6-9-17(15)13-16(18)14(2)3/h14-16H,4-13H2,1-3H3. The van der Waals surface area contributed by atoms with Gasteiger partial charge in [0.05, 0.1) is 0 Å². The van der Waals surface area contributed by atoms with E-state index in [0.717, 1.165) is 31.2 Å². The van der Waals surface area contributed by atoms with E-state index in [1.807, 2.05) is 0 Å². The van der Waals surface area contributed by atoms with Crippen molar-refractivity contribution in [3.05, 3.63) is 0 Å². The summed E-state index contributed by atoms with van der Waals surface area (Å²) in [4.78, 5) is 5.50. The second kappa shape index (κ2) is 7.61. The van der Waals surface area contributed by atoms with Gasteiger partial charge in [-0.05, 0) is 38.6 Å². The minimum absolute atomic E-state index is 0.746. The van der Waals surface area contributed by atoms with Gasteiger partial charge in [-0.25, -0.2) is 0 Å². The lowest BCUT2D eigenvalue weighted by Crippen LogP contribution is -2.61. The zero-order valence-electron chi connectivity index (χ0n) is 13.1. The summed E-state index contributed by atoms with van der Waals surface area (Å²) in [6, 6.07) is 1.58. The molecule has 2 saturated heterocycles. The molecule has 0 aromatic rings. The third kappa shape index (κ3) is 4.17. The van der Waals surface area contributed by atoms with Crippen LogP contribution in [0.2, 0.25) is 0 Å². The Morgan fingerprint density at radius 2 is 2.05 bits per heavy atom. The largest absolute Gasteiger partial charge is 0.382 e. The van der Waals surface area contributed by atoms with Crippen LogP contribution in [0.4, 0.5) is 0 Å². The van der Waals surface area contributed by atoms with Crippen molar-refractivity contribution in [1.82, 2.24) is 9.80 Å². The van der Waals surface area contributed by atoms with Crippen molar-refractivity contribution in [3.63, 3.8) is 0 Å². The Morgan fingerprint density at radius 3 is 2.79 bits per heavy atom. The van der Waals surface area contributed by atoms with Crippen LogP contribution < -0.4 is 0 Å². The lowest BCUT2D eigenvalue weighted by atomic mass is 9.92. The molecule has 2 aliphatic heterocycles. The van der Waals surface area contributed by atoms with Crippen LogP contribution in [0.5, 0.6) is 0 Å². The molecule has 0 radical (unpaired) electrons. The van der Waals surface area contributed by atoms with Crippen LogP contribution in [-0.2, 0) is 4.74 Å². The number of rotatable bonds is 6. The molecular formula is C16H32N2O. The summed E-state index contributed by atoms with van der Waals surface area (Å²) < 4.78 is 5.49. The Balaban J connectivity index is 1.86. The Bertz CT molecular complexity index is 257. The van der Waals surface area contributed by atoms with E-state index in [0.29, 0.717) is 0 Å². The molecule has 2 fully saturated rings. The quantitative estimate of drug-likeness (QED) is 0.689. The van der Waals surface area contributed by atoms with E-state index in [-0.39, 0.29) is 0 Å². The van der Waals surface area contributed by atoms with E-state index in [4.69, 9.17) is 4.74 Å². The molecule has 3 heteroatoms. The van der Waals surface area contributed by atoms with Crippen LogP contribution in [0.3, 0.4) is 0 Å². The monoisotopic (exact) mass is 268 g/mol. The first kappa shape index (κ1) is 15.3. The number of piperazine rings is 1. The molecule has 0 aliphatic carbocycles. The molecule has 0 saturated carbocycles. The van der Waals surface area contributed by atoms with Gasteiger partial charge in [-0.3, -0.25) is 9.80 Å². The highest BCUT2D eigenvalue weighted by Gasteiger charge is 2.35. The summed E-state index contributed by atoms with van der Waals surface area (Å²) in [7, 11) is 0. The van der Waals surface area contributed by atoms with E-state index < -0.39 is 0 Å². The van der Waals surface area contributed by atoms with E-state index in [9.17, 15) is 0 Å². The van der Waals surface area contributed by atoms with E-state index in [2.05, 4.69) is 30.6 Å². The van der Waals surface area contributed by atoms with Gasteiger partial charge >= 0.3 is 0 Å². The summed E-state index contributed by atoms with van der Waals surface area (Å²) >= 11 is 0. The summed E-state index contributed by atoms with van der Waals surface area (Å²) in [5.74, 6) is 0.759. The van der Waals surface area contributed by atoms with Gasteiger partial charge in [0.2, 0.25) is 0 Å². The number of hydrogen-bond acceptors (Lipinski definition) is 3. The number of hydrogen-bond donors (Lipinski definition) is 0. The Hall–Kier alpha value is -0.120. The number of ether oxygens (including phenoxy) is 1. The highest BCUT2D eigenvalue weighted by atomic mass is 16.5. The molecular weight excluding hydrogens is 236 g/mol. The summed E-state index contributed by atoms with van der Waals surface area (Å²) in [5, 5.41) is 0. The van der Waals surface area contributed by atoms with Crippen molar-refractivity contribution in [2.45, 2.75) is 58.5 Å². The average molecular weight is 268 g/mol. The Kier molecular flexibility index (Phi) is 6.11. The van der Waals surface area contributed by atoms with Gasteiger partial charge in [0.15, 0.2) is 0 Å². The third-order valence-corrected chi connectivity index (χ3v) is 4.79. The zero-order chi connectivity index (χ0) is 13.7. The van der Waals surface area contributed by atoms with Gasteiger partial charge in [0.25, 0.3) is 0 Å². The normalized spacial score (nSPS) is 29.7. The molecule has 0 bridgehead atoms. The average Bonchev–Trinajstić information content (AvgIpc) is 2.42. The number of nitrogens with zero attached hydrogens (tertiary/aromatic N) is 2. The van der Waals surface area contributed by atoms with Crippen molar-refractivity contribution in [2.24, 2.45) is 5.92 Å². The first-order chi connectivity index (χ1) is 9.22. The van der Waals surface area contributed by atoms with Gasteiger partial charge in [-0.2, -0.15) is 0 Å². The fourth-order valence-corrected chi connectivity index (χ4v) is 3.67. The Labute approximate surface area is 119 Å². The molecule has 0 spiro atoms. The number of fused-ring (bicyclic) bond motifs is 1. The molecule has 2 heterocycles. The predicted octanol–water partition coefficient (Wildman–Crippen LogP) is 2.61. The van der Waals surface area contributed by atoms with Gasteiger partial charge in [0.1, 0.15) is 0 Å². The minimum atomic E-state index is 0.746. The lowest BCUT2D eigenvalue weighted by Gasteiger charge is -2.50. The summed E-state index contributed by atoms with van der Waals surface area (Å²) in [5.41, 5.74) is 0. The van der Waals surface area contributed by atoms with E-state index in [1.54, 1.807) is 0 Å². The molecule has 19 heavy (non-hydrogen) atoms. The van der Waals surface area contributed by atoms with E-state index in [1.165, 1.54) is 51.9 Å². The van der Waals surface area contributed by atoms with Crippen molar-refractivity contribution >= 4 is 0 Å². The molecule has 112 valence electrons. The molecule has 0 N–H and O–H groups in total. The van der Waals surface area contributed by atoms with Crippen molar-refractivity contribution in [1.29, 1.82) is 0 Å². The maximum absolute atomic E-state index is 5.49. The fraction of sp³-hybridized carbons (Fsp3) is 1.00. The first-order valence-electron chi connectivity index (χ1n) is 8.28. The first-order valence-corrected chi connectivity index (χ1v) is 8.28. The van der Waals surface area contributed by atoms with E-state index >= 15 is 0 Å². The lowest BCUT2D eigenvalue weighted by molar-refractivity contribution is -0.0113. The van der Waals surface area contributed by atoms with Gasteiger partial charge in [-0.15, -0.1) is 0 Å². The fourth-order valence-electron chi connectivity index (χ4n) is 3.67. The molecule has 2 rings (SSSR count). The topological polar surface area (TPSA) is 15.7 Å².